The van der Waals surface area contributed by atoms with Gasteiger partial charge in [-0.1, -0.05) is 25.4 Å². The minimum Gasteiger partial charge on any atom is -0.380 e. The fourth-order valence-corrected chi connectivity index (χ4v) is 3.68. The number of rotatable bonds is 3. The molecule has 2 aromatic rings. The average molecular weight is 336 g/mol. The molecule has 1 aliphatic heterocycles. The first-order valence-corrected chi connectivity index (χ1v) is 8.31. The van der Waals surface area contributed by atoms with Crippen molar-refractivity contribution in [2.24, 2.45) is 0 Å². The van der Waals surface area contributed by atoms with Crippen LogP contribution >= 0.6 is 22.9 Å². The molecule has 116 valence electrons. The van der Waals surface area contributed by atoms with Gasteiger partial charge in [-0.25, -0.2) is 4.98 Å². The highest BCUT2D eigenvalue weighted by Gasteiger charge is 2.35. The molecule has 1 amide bonds. The molecule has 1 aliphatic rings. The molecule has 0 unspecified atom stereocenters. The molecule has 0 spiro atoms. The van der Waals surface area contributed by atoms with Gasteiger partial charge in [0.2, 0.25) is 5.91 Å². The molecule has 4 nitrogen and oxygen atoms in total. The van der Waals surface area contributed by atoms with Crippen LogP contribution in [0.25, 0.3) is 0 Å². The topological polar surface area (TPSA) is 45.2 Å². The normalized spacial score (nSPS) is 16.5. The van der Waals surface area contributed by atoms with Crippen molar-refractivity contribution in [3.05, 3.63) is 39.3 Å². The largest absolute Gasteiger partial charge is 0.380 e. The Hall–Kier alpha value is -1.59. The minimum absolute atomic E-state index is 0.148. The number of fused-ring (bicyclic) bond motifs is 1. The smallest absolute Gasteiger partial charge is 0.227 e. The summed E-state index contributed by atoms with van der Waals surface area (Å²) in [5, 5.41) is 3.40. The number of aromatic nitrogens is 1. The van der Waals surface area contributed by atoms with Gasteiger partial charge in [-0.15, -0.1) is 11.3 Å². The highest BCUT2D eigenvalue weighted by Crippen LogP contribution is 2.40. The Bertz CT molecular complexity index is 726. The molecule has 0 aliphatic carbocycles. The Balaban J connectivity index is 1.85. The Morgan fingerprint density at radius 1 is 1.45 bits per heavy atom. The van der Waals surface area contributed by atoms with E-state index in [0.717, 1.165) is 16.3 Å². The van der Waals surface area contributed by atoms with Gasteiger partial charge < -0.3 is 10.2 Å². The molecule has 22 heavy (non-hydrogen) atoms. The summed E-state index contributed by atoms with van der Waals surface area (Å²) in [6.07, 6.45) is 2.32. The van der Waals surface area contributed by atoms with Gasteiger partial charge in [-0.3, -0.25) is 4.79 Å². The van der Waals surface area contributed by atoms with Gasteiger partial charge in [0.05, 0.1) is 6.54 Å². The van der Waals surface area contributed by atoms with E-state index >= 15 is 0 Å². The number of anilines is 2. The number of amides is 1. The van der Waals surface area contributed by atoms with Crippen molar-refractivity contribution in [1.82, 2.24) is 4.98 Å². The van der Waals surface area contributed by atoms with Crippen LogP contribution in [0, 0.1) is 0 Å². The van der Waals surface area contributed by atoms with Crippen LogP contribution in [0.15, 0.2) is 24.4 Å². The molecule has 0 saturated heterocycles. The second-order valence-electron chi connectivity index (χ2n) is 6.18. The number of nitrogens with zero attached hydrogens (tertiary/aromatic N) is 2. The van der Waals surface area contributed by atoms with E-state index < -0.39 is 0 Å². The highest BCUT2D eigenvalue weighted by atomic mass is 35.5. The van der Waals surface area contributed by atoms with Crippen LogP contribution in [0.3, 0.4) is 0 Å². The number of nitrogens with one attached hydrogen (secondary N) is 1. The monoisotopic (exact) mass is 335 g/mol. The summed E-state index contributed by atoms with van der Waals surface area (Å²) in [6, 6.07) is 6.16. The summed E-state index contributed by atoms with van der Waals surface area (Å²) < 4.78 is 0.559. The summed E-state index contributed by atoms with van der Waals surface area (Å²) in [6.45, 7) is 4.92. The minimum atomic E-state index is -0.148. The molecule has 6 heteroatoms. The van der Waals surface area contributed by atoms with E-state index in [4.69, 9.17) is 11.6 Å². The van der Waals surface area contributed by atoms with Crippen LogP contribution in [0.5, 0.6) is 0 Å². The predicted octanol–water partition coefficient (Wildman–Crippen LogP) is 4.05. The third-order valence-electron chi connectivity index (χ3n) is 4.05. The van der Waals surface area contributed by atoms with Crippen LogP contribution in [0.4, 0.5) is 11.4 Å². The fourth-order valence-electron chi connectivity index (χ4n) is 2.76. The number of hydrogen-bond donors (Lipinski definition) is 1. The Morgan fingerprint density at radius 3 is 2.91 bits per heavy atom. The van der Waals surface area contributed by atoms with Crippen molar-refractivity contribution in [2.45, 2.75) is 32.2 Å². The van der Waals surface area contributed by atoms with Gasteiger partial charge in [-0.2, -0.15) is 0 Å². The lowest BCUT2D eigenvalue weighted by molar-refractivity contribution is -0.119. The van der Waals surface area contributed by atoms with E-state index in [1.807, 2.05) is 19.2 Å². The number of benzene rings is 1. The number of hydrogen-bond acceptors (Lipinski definition) is 4. The SMILES string of the molecule is CN1C(=O)CC(C)(C)c2cc(NCc3cnc(Cl)s3)ccc21. The Labute approximate surface area is 139 Å². The first-order valence-electron chi connectivity index (χ1n) is 7.12. The van der Waals surface area contributed by atoms with Gasteiger partial charge in [-0.05, 0) is 23.8 Å². The number of carbonyl (C=O) groups excluding carboxylic acids is 1. The van der Waals surface area contributed by atoms with E-state index in [0.29, 0.717) is 17.4 Å². The first-order chi connectivity index (χ1) is 10.4. The molecular weight excluding hydrogens is 318 g/mol. The van der Waals surface area contributed by atoms with Gasteiger partial charge in [0.25, 0.3) is 0 Å². The van der Waals surface area contributed by atoms with E-state index in [1.165, 1.54) is 16.9 Å². The quantitative estimate of drug-likeness (QED) is 0.920. The fraction of sp³-hybridized carbons (Fsp3) is 0.375. The Morgan fingerprint density at radius 2 is 2.23 bits per heavy atom. The van der Waals surface area contributed by atoms with Crippen LogP contribution in [-0.4, -0.2) is 17.9 Å². The van der Waals surface area contributed by atoms with E-state index in [1.54, 1.807) is 11.1 Å². The van der Waals surface area contributed by atoms with E-state index in [9.17, 15) is 4.79 Å². The summed E-state index contributed by atoms with van der Waals surface area (Å²) in [4.78, 5) is 18.9. The third kappa shape index (κ3) is 2.83. The van der Waals surface area contributed by atoms with Crippen LogP contribution in [0.2, 0.25) is 4.47 Å². The molecular formula is C16H18ClN3OS. The molecule has 3 rings (SSSR count). The zero-order valence-electron chi connectivity index (χ0n) is 12.8. The molecule has 0 atom stereocenters. The molecule has 1 aromatic heterocycles. The van der Waals surface area contributed by atoms with Crippen molar-refractivity contribution < 1.29 is 4.79 Å². The average Bonchev–Trinajstić information content (AvgIpc) is 2.88. The lowest BCUT2D eigenvalue weighted by Gasteiger charge is -2.37. The number of thiazole rings is 1. The van der Waals surface area contributed by atoms with E-state index in [-0.39, 0.29) is 11.3 Å². The molecule has 0 bridgehead atoms. The van der Waals surface area contributed by atoms with Crippen LogP contribution in [0.1, 0.15) is 30.7 Å². The summed E-state index contributed by atoms with van der Waals surface area (Å²) in [5.41, 5.74) is 3.08. The lowest BCUT2D eigenvalue weighted by Crippen LogP contribution is -2.39. The van der Waals surface area contributed by atoms with Crippen LogP contribution < -0.4 is 10.2 Å². The molecule has 0 saturated carbocycles. The predicted molar refractivity (Wildman–Crippen MR) is 91.9 cm³/mol. The first kappa shape index (κ1) is 15.3. The molecule has 1 aromatic carbocycles. The molecule has 2 heterocycles. The number of carbonyl (C=O) groups is 1. The second kappa shape index (κ2) is 5.56. The van der Waals surface area contributed by atoms with Gasteiger partial charge in [0.15, 0.2) is 4.47 Å². The zero-order chi connectivity index (χ0) is 15.9. The molecule has 0 radical (unpaired) electrons. The Kier molecular flexibility index (Phi) is 3.87. The van der Waals surface area contributed by atoms with Crippen molar-refractivity contribution in [1.29, 1.82) is 0 Å². The molecule has 0 fully saturated rings. The van der Waals surface area contributed by atoms with Crippen molar-refractivity contribution in [3.8, 4) is 0 Å². The highest BCUT2D eigenvalue weighted by molar-refractivity contribution is 7.15. The van der Waals surface area contributed by atoms with Gasteiger partial charge in [0.1, 0.15) is 0 Å². The summed E-state index contributed by atoms with van der Waals surface area (Å²) in [5.74, 6) is 0.164. The van der Waals surface area contributed by atoms with Gasteiger partial charge >= 0.3 is 0 Å². The lowest BCUT2D eigenvalue weighted by atomic mass is 9.77. The van der Waals surface area contributed by atoms with Crippen LogP contribution in [-0.2, 0) is 16.8 Å². The third-order valence-corrected chi connectivity index (χ3v) is 5.16. The second-order valence-corrected chi connectivity index (χ2v) is 7.88. The van der Waals surface area contributed by atoms with Crippen molar-refractivity contribution >= 4 is 40.2 Å². The van der Waals surface area contributed by atoms with Crippen molar-refractivity contribution in [3.63, 3.8) is 0 Å². The maximum absolute atomic E-state index is 12.1. The van der Waals surface area contributed by atoms with E-state index in [2.05, 4.69) is 30.2 Å². The maximum atomic E-state index is 12.1. The zero-order valence-corrected chi connectivity index (χ0v) is 14.4. The molecule has 1 N–H and O–H groups in total. The van der Waals surface area contributed by atoms with Crippen molar-refractivity contribution in [2.75, 3.05) is 17.3 Å². The summed E-state index contributed by atoms with van der Waals surface area (Å²) in [7, 11) is 1.84. The standard InChI is InChI=1S/C16H18ClN3OS/c1-16(2)7-14(21)20(3)13-5-4-10(6-12(13)16)18-8-11-9-19-15(17)22-11/h4-6,9,18H,7-8H2,1-3H3. The maximum Gasteiger partial charge on any atom is 0.227 e. The number of halogens is 1. The van der Waals surface area contributed by atoms with Gasteiger partial charge in [0, 0.05) is 41.3 Å². The summed E-state index contributed by atoms with van der Waals surface area (Å²) >= 11 is 7.32.